The Morgan fingerprint density at radius 2 is 2.19 bits per heavy atom. The summed E-state index contributed by atoms with van der Waals surface area (Å²) in [6.07, 6.45) is 1.57. The summed E-state index contributed by atoms with van der Waals surface area (Å²) in [7, 11) is 0. The summed E-state index contributed by atoms with van der Waals surface area (Å²) in [5.74, 6) is -0.731. The fraction of sp³-hybridized carbons (Fsp3) is 0.385. The molecule has 0 aromatic carbocycles. The van der Waals surface area contributed by atoms with Crippen LogP contribution in [0, 0.1) is 6.92 Å². The number of thiazole rings is 1. The summed E-state index contributed by atoms with van der Waals surface area (Å²) in [6, 6.07) is 1.63. The fourth-order valence-corrected chi connectivity index (χ4v) is 2.63. The Balaban J connectivity index is 2.15. The first-order valence-corrected chi connectivity index (χ1v) is 7.36. The van der Waals surface area contributed by atoms with E-state index in [9.17, 15) is 9.59 Å². The first-order chi connectivity index (χ1) is 10.1. The summed E-state index contributed by atoms with van der Waals surface area (Å²) < 4.78 is 6.53. The van der Waals surface area contributed by atoms with Crippen LogP contribution in [-0.4, -0.2) is 33.2 Å². The molecule has 0 aliphatic heterocycles. The third kappa shape index (κ3) is 3.27. The zero-order valence-electron chi connectivity index (χ0n) is 12.0. The average Bonchev–Trinajstić information content (AvgIpc) is 3.05. The highest BCUT2D eigenvalue weighted by atomic mass is 32.1. The van der Waals surface area contributed by atoms with Crippen molar-refractivity contribution >= 4 is 28.3 Å². The Kier molecular flexibility index (Phi) is 4.69. The Morgan fingerprint density at radius 1 is 1.43 bits per heavy atom. The number of hydrogen-bond donors (Lipinski definition) is 1. The molecule has 0 aliphatic carbocycles. The van der Waals surface area contributed by atoms with Crippen molar-refractivity contribution in [3.63, 3.8) is 0 Å². The van der Waals surface area contributed by atoms with Crippen LogP contribution in [-0.2, 0) is 11.3 Å². The van der Waals surface area contributed by atoms with Crippen LogP contribution in [0.3, 0.4) is 0 Å². The number of aryl methyl sites for hydroxylation is 2. The second kappa shape index (κ2) is 6.49. The van der Waals surface area contributed by atoms with Crippen molar-refractivity contribution < 1.29 is 14.3 Å². The molecule has 0 radical (unpaired) electrons. The Morgan fingerprint density at radius 3 is 2.86 bits per heavy atom. The second-order valence-corrected chi connectivity index (χ2v) is 5.14. The normalized spacial score (nSPS) is 10.4. The number of carbonyl (C=O) groups excluding carboxylic acids is 2. The van der Waals surface area contributed by atoms with Gasteiger partial charge in [-0.05, 0) is 26.8 Å². The van der Waals surface area contributed by atoms with Crippen molar-refractivity contribution in [2.75, 3.05) is 11.9 Å². The number of hydrogen-bond acceptors (Lipinski definition) is 6. The monoisotopic (exact) mass is 308 g/mol. The molecule has 2 aromatic rings. The lowest BCUT2D eigenvalue weighted by molar-refractivity contribution is 0.0531. The molecule has 21 heavy (non-hydrogen) atoms. The largest absolute Gasteiger partial charge is 0.462 e. The highest BCUT2D eigenvalue weighted by Crippen LogP contribution is 2.23. The van der Waals surface area contributed by atoms with E-state index in [1.165, 1.54) is 0 Å². The van der Waals surface area contributed by atoms with Crippen LogP contribution in [0.25, 0.3) is 0 Å². The standard InChI is InChI=1S/C13H16N4O3S/c1-4-17-9(6-7-14-17)11(18)16-13-15-8(3)10(21-13)12(19)20-5-2/h6-7H,4-5H2,1-3H3,(H,15,16,18). The van der Waals surface area contributed by atoms with Gasteiger partial charge in [0.15, 0.2) is 5.13 Å². The van der Waals surface area contributed by atoms with Gasteiger partial charge in [-0.25, -0.2) is 9.78 Å². The summed E-state index contributed by atoms with van der Waals surface area (Å²) in [4.78, 5) is 28.4. The third-order valence-electron chi connectivity index (χ3n) is 2.73. The van der Waals surface area contributed by atoms with Crippen LogP contribution in [0.5, 0.6) is 0 Å². The lowest BCUT2D eigenvalue weighted by atomic mass is 10.4. The predicted octanol–water partition coefficient (Wildman–Crippen LogP) is 2.10. The lowest BCUT2D eigenvalue weighted by Crippen LogP contribution is -2.17. The highest BCUT2D eigenvalue weighted by molar-refractivity contribution is 7.17. The van der Waals surface area contributed by atoms with E-state index in [4.69, 9.17) is 4.74 Å². The molecule has 112 valence electrons. The number of carbonyl (C=O) groups is 2. The van der Waals surface area contributed by atoms with Crippen LogP contribution < -0.4 is 5.32 Å². The lowest BCUT2D eigenvalue weighted by Gasteiger charge is -2.03. The van der Waals surface area contributed by atoms with Gasteiger partial charge in [0.25, 0.3) is 5.91 Å². The number of aromatic nitrogens is 3. The number of ether oxygens (including phenoxy) is 1. The number of nitrogens with zero attached hydrogens (tertiary/aromatic N) is 3. The van der Waals surface area contributed by atoms with Crippen LogP contribution in [0.4, 0.5) is 5.13 Å². The van der Waals surface area contributed by atoms with Crippen LogP contribution in [0.1, 0.15) is 39.7 Å². The van der Waals surface area contributed by atoms with E-state index in [2.05, 4.69) is 15.4 Å². The smallest absolute Gasteiger partial charge is 0.350 e. The molecule has 8 heteroatoms. The maximum absolute atomic E-state index is 12.1. The fourth-order valence-electron chi connectivity index (χ4n) is 1.77. The first-order valence-electron chi connectivity index (χ1n) is 6.54. The van der Waals surface area contributed by atoms with E-state index in [0.29, 0.717) is 34.5 Å². The van der Waals surface area contributed by atoms with E-state index in [1.54, 1.807) is 30.8 Å². The van der Waals surface area contributed by atoms with Crippen LogP contribution in [0.2, 0.25) is 0 Å². The molecule has 2 heterocycles. The molecule has 0 bridgehead atoms. The van der Waals surface area contributed by atoms with Gasteiger partial charge in [0.05, 0.1) is 12.3 Å². The molecule has 0 aliphatic rings. The molecule has 2 aromatic heterocycles. The van der Waals surface area contributed by atoms with Crippen molar-refractivity contribution in [2.24, 2.45) is 0 Å². The van der Waals surface area contributed by atoms with Crippen molar-refractivity contribution in [1.29, 1.82) is 0 Å². The minimum absolute atomic E-state index is 0.299. The molecular weight excluding hydrogens is 292 g/mol. The first kappa shape index (κ1) is 15.2. The van der Waals surface area contributed by atoms with Crippen LogP contribution >= 0.6 is 11.3 Å². The molecule has 1 amide bonds. The average molecular weight is 308 g/mol. The molecule has 0 saturated heterocycles. The van der Waals surface area contributed by atoms with Gasteiger partial charge in [-0.15, -0.1) is 0 Å². The van der Waals surface area contributed by atoms with Gasteiger partial charge in [0.1, 0.15) is 10.6 Å². The molecule has 0 unspecified atom stereocenters. The Hall–Kier alpha value is -2.22. The van der Waals surface area contributed by atoms with Crippen LogP contribution in [0.15, 0.2) is 12.3 Å². The number of rotatable bonds is 5. The maximum atomic E-state index is 12.1. The summed E-state index contributed by atoms with van der Waals surface area (Å²) in [5.41, 5.74) is 0.987. The molecule has 0 atom stereocenters. The van der Waals surface area contributed by atoms with Crippen molar-refractivity contribution in [2.45, 2.75) is 27.3 Å². The SMILES string of the molecule is CCOC(=O)c1sc(NC(=O)c2ccnn2CC)nc1C. The quantitative estimate of drug-likeness (QED) is 0.855. The third-order valence-corrected chi connectivity index (χ3v) is 3.78. The predicted molar refractivity (Wildman–Crippen MR) is 78.7 cm³/mol. The second-order valence-electron chi connectivity index (χ2n) is 4.14. The van der Waals surface area contributed by atoms with Crippen molar-refractivity contribution in [1.82, 2.24) is 14.8 Å². The van der Waals surface area contributed by atoms with E-state index in [0.717, 1.165) is 11.3 Å². The number of nitrogens with one attached hydrogen (secondary N) is 1. The topological polar surface area (TPSA) is 86.1 Å². The van der Waals surface area contributed by atoms with E-state index in [-0.39, 0.29) is 5.91 Å². The van der Waals surface area contributed by atoms with Gasteiger partial charge in [-0.1, -0.05) is 11.3 Å². The van der Waals surface area contributed by atoms with Gasteiger partial charge in [-0.2, -0.15) is 5.10 Å². The summed E-state index contributed by atoms with van der Waals surface area (Å²) >= 11 is 1.10. The number of esters is 1. The highest BCUT2D eigenvalue weighted by Gasteiger charge is 2.19. The molecule has 0 saturated carbocycles. The Bertz CT molecular complexity index is 662. The van der Waals surface area contributed by atoms with E-state index >= 15 is 0 Å². The minimum Gasteiger partial charge on any atom is -0.462 e. The maximum Gasteiger partial charge on any atom is 0.350 e. The molecule has 1 N–H and O–H groups in total. The minimum atomic E-state index is -0.424. The molecule has 7 nitrogen and oxygen atoms in total. The number of anilines is 1. The van der Waals surface area contributed by atoms with Gasteiger partial charge in [0, 0.05) is 12.7 Å². The molecule has 0 spiro atoms. The molecule has 0 fully saturated rings. The summed E-state index contributed by atoms with van der Waals surface area (Å²) in [6.45, 7) is 6.24. The van der Waals surface area contributed by atoms with E-state index in [1.807, 2.05) is 6.92 Å². The zero-order valence-corrected chi connectivity index (χ0v) is 12.9. The number of amides is 1. The van der Waals surface area contributed by atoms with Crippen molar-refractivity contribution in [3.05, 3.63) is 28.5 Å². The van der Waals surface area contributed by atoms with Crippen molar-refractivity contribution in [3.8, 4) is 0 Å². The molecule has 2 rings (SSSR count). The molecular formula is C13H16N4O3S. The van der Waals surface area contributed by atoms with Gasteiger partial charge < -0.3 is 4.74 Å². The zero-order chi connectivity index (χ0) is 15.4. The summed E-state index contributed by atoms with van der Waals surface area (Å²) in [5, 5.41) is 7.08. The van der Waals surface area contributed by atoms with E-state index < -0.39 is 5.97 Å². The van der Waals surface area contributed by atoms with Gasteiger partial charge in [0.2, 0.25) is 0 Å². The van der Waals surface area contributed by atoms with Gasteiger partial charge >= 0.3 is 5.97 Å². The van der Waals surface area contributed by atoms with Gasteiger partial charge in [-0.3, -0.25) is 14.8 Å². The Labute approximate surface area is 125 Å².